The maximum atomic E-state index is 5.69. The van der Waals surface area contributed by atoms with Crippen molar-refractivity contribution in [1.29, 1.82) is 0 Å². The molecule has 0 aliphatic heterocycles. The van der Waals surface area contributed by atoms with Gasteiger partial charge in [-0.15, -0.1) is 0 Å². The number of aliphatic imine (C=N–C) groups is 1. The summed E-state index contributed by atoms with van der Waals surface area (Å²) in [6.07, 6.45) is 4.68. The Balaban J connectivity index is 1.49. The Morgan fingerprint density at radius 3 is 2.73 bits per heavy atom. The van der Waals surface area contributed by atoms with E-state index in [1.807, 2.05) is 6.07 Å². The van der Waals surface area contributed by atoms with E-state index < -0.39 is 0 Å². The molecule has 1 aromatic carbocycles. The number of hydrogen-bond donors (Lipinski definition) is 2. The van der Waals surface area contributed by atoms with Gasteiger partial charge in [0.2, 0.25) is 0 Å². The third-order valence-electron chi connectivity index (χ3n) is 3.68. The van der Waals surface area contributed by atoms with Crippen molar-refractivity contribution < 1.29 is 4.74 Å². The van der Waals surface area contributed by atoms with E-state index in [0.717, 1.165) is 57.6 Å². The Hall–Kier alpha value is -1.55. The van der Waals surface area contributed by atoms with Crippen molar-refractivity contribution in [2.45, 2.75) is 32.6 Å². The second-order valence-electron chi connectivity index (χ2n) is 5.79. The summed E-state index contributed by atoms with van der Waals surface area (Å²) in [5.74, 6) is 1.77. The van der Waals surface area contributed by atoms with Crippen LogP contribution in [0, 0.1) is 5.92 Å². The van der Waals surface area contributed by atoms with Crippen LogP contribution in [0.5, 0.6) is 0 Å². The molecule has 122 valence electrons. The van der Waals surface area contributed by atoms with E-state index in [4.69, 9.17) is 4.74 Å². The Kier molecular flexibility index (Phi) is 7.81. The molecule has 0 unspecified atom stereocenters. The minimum Gasteiger partial charge on any atom is -0.381 e. The van der Waals surface area contributed by atoms with Crippen LogP contribution in [0.2, 0.25) is 0 Å². The highest BCUT2D eigenvalue weighted by Gasteiger charge is 2.20. The molecule has 2 rings (SSSR count). The molecular formula is C18H29N3O. The molecule has 0 amide bonds. The minimum absolute atomic E-state index is 0.792. The van der Waals surface area contributed by atoms with E-state index in [-0.39, 0.29) is 0 Å². The van der Waals surface area contributed by atoms with E-state index in [9.17, 15) is 0 Å². The van der Waals surface area contributed by atoms with Crippen LogP contribution in [-0.4, -0.2) is 38.8 Å². The first-order valence-corrected chi connectivity index (χ1v) is 8.52. The number of ether oxygens (including phenoxy) is 1. The summed E-state index contributed by atoms with van der Waals surface area (Å²) >= 11 is 0. The number of nitrogens with zero attached hydrogens (tertiary/aromatic N) is 1. The molecule has 0 aromatic heterocycles. The number of guanidine groups is 1. The Bertz CT molecular complexity index is 429. The van der Waals surface area contributed by atoms with Crippen molar-refractivity contribution in [1.82, 2.24) is 10.6 Å². The standard InChI is InChI=1S/C18H29N3O/c1-2-19-18(21-15-17-9-10-17)20-12-6-13-22-14-11-16-7-4-3-5-8-16/h3-5,7-8,17H,2,6,9-15H2,1H3,(H2,19,20,21). The van der Waals surface area contributed by atoms with E-state index >= 15 is 0 Å². The molecule has 1 aromatic rings. The van der Waals surface area contributed by atoms with Gasteiger partial charge >= 0.3 is 0 Å². The third kappa shape index (κ3) is 7.46. The largest absolute Gasteiger partial charge is 0.381 e. The lowest BCUT2D eigenvalue weighted by atomic mass is 10.2. The third-order valence-corrected chi connectivity index (χ3v) is 3.68. The van der Waals surface area contributed by atoms with Crippen LogP contribution >= 0.6 is 0 Å². The van der Waals surface area contributed by atoms with Gasteiger partial charge in [0.15, 0.2) is 5.96 Å². The maximum Gasteiger partial charge on any atom is 0.191 e. The van der Waals surface area contributed by atoms with E-state index in [1.165, 1.54) is 18.4 Å². The van der Waals surface area contributed by atoms with Gasteiger partial charge in [-0.25, -0.2) is 0 Å². The second kappa shape index (κ2) is 10.2. The Morgan fingerprint density at radius 2 is 2.00 bits per heavy atom. The molecule has 0 atom stereocenters. The lowest BCUT2D eigenvalue weighted by Crippen LogP contribution is -2.38. The predicted molar refractivity (Wildman–Crippen MR) is 92.3 cm³/mol. The van der Waals surface area contributed by atoms with Crippen molar-refractivity contribution in [2.75, 3.05) is 32.8 Å². The highest BCUT2D eigenvalue weighted by atomic mass is 16.5. The number of hydrogen-bond acceptors (Lipinski definition) is 2. The van der Waals surface area contributed by atoms with Crippen LogP contribution < -0.4 is 10.6 Å². The monoisotopic (exact) mass is 303 g/mol. The van der Waals surface area contributed by atoms with Gasteiger partial charge in [-0.05, 0) is 44.1 Å². The molecule has 1 aliphatic carbocycles. The van der Waals surface area contributed by atoms with E-state index in [0.29, 0.717) is 0 Å². The molecule has 4 nitrogen and oxygen atoms in total. The fraction of sp³-hybridized carbons (Fsp3) is 0.611. The zero-order valence-corrected chi connectivity index (χ0v) is 13.7. The van der Waals surface area contributed by atoms with Gasteiger partial charge in [0.05, 0.1) is 6.61 Å². The smallest absolute Gasteiger partial charge is 0.191 e. The van der Waals surface area contributed by atoms with Gasteiger partial charge in [-0.1, -0.05) is 30.3 Å². The van der Waals surface area contributed by atoms with E-state index in [1.54, 1.807) is 0 Å². The zero-order valence-electron chi connectivity index (χ0n) is 13.7. The molecule has 1 fully saturated rings. The summed E-state index contributed by atoms with van der Waals surface area (Å²) in [4.78, 5) is 4.60. The lowest BCUT2D eigenvalue weighted by Gasteiger charge is -2.11. The maximum absolute atomic E-state index is 5.69. The summed E-state index contributed by atoms with van der Waals surface area (Å²) < 4.78 is 5.69. The highest BCUT2D eigenvalue weighted by molar-refractivity contribution is 5.79. The van der Waals surface area contributed by atoms with Gasteiger partial charge in [0.1, 0.15) is 0 Å². The summed E-state index contributed by atoms with van der Waals surface area (Å²) in [5, 5.41) is 6.66. The molecule has 0 bridgehead atoms. The summed E-state index contributed by atoms with van der Waals surface area (Å²) in [6, 6.07) is 10.5. The average molecular weight is 303 g/mol. The summed E-state index contributed by atoms with van der Waals surface area (Å²) in [5.41, 5.74) is 1.34. The number of benzene rings is 1. The van der Waals surface area contributed by atoms with Crippen LogP contribution in [0.15, 0.2) is 35.3 Å². The van der Waals surface area contributed by atoms with Crippen molar-refractivity contribution >= 4 is 5.96 Å². The van der Waals surface area contributed by atoms with Crippen LogP contribution in [0.1, 0.15) is 31.7 Å². The molecular weight excluding hydrogens is 274 g/mol. The lowest BCUT2D eigenvalue weighted by molar-refractivity contribution is 0.135. The van der Waals surface area contributed by atoms with Crippen molar-refractivity contribution in [3.05, 3.63) is 35.9 Å². The molecule has 22 heavy (non-hydrogen) atoms. The SMILES string of the molecule is CCNC(=NCC1CC1)NCCCOCCc1ccccc1. The van der Waals surface area contributed by atoms with Gasteiger partial charge in [-0.3, -0.25) is 4.99 Å². The zero-order chi connectivity index (χ0) is 15.5. The molecule has 0 spiro atoms. The van der Waals surface area contributed by atoms with Gasteiger partial charge in [0.25, 0.3) is 0 Å². The Labute approximate surface area is 134 Å². The van der Waals surface area contributed by atoms with Crippen LogP contribution in [0.25, 0.3) is 0 Å². The van der Waals surface area contributed by atoms with Crippen LogP contribution in [-0.2, 0) is 11.2 Å². The first kappa shape index (κ1) is 16.8. The topological polar surface area (TPSA) is 45.7 Å². The first-order chi connectivity index (χ1) is 10.9. The highest BCUT2D eigenvalue weighted by Crippen LogP contribution is 2.28. The van der Waals surface area contributed by atoms with Crippen molar-refractivity contribution in [2.24, 2.45) is 10.9 Å². The quantitative estimate of drug-likeness (QED) is 0.397. The van der Waals surface area contributed by atoms with Crippen LogP contribution in [0.3, 0.4) is 0 Å². The van der Waals surface area contributed by atoms with Crippen molar-refractivity contribution in [3.63, 3.8) is 0 Å². The fourth-order valence-corrected chi connectivity index (χ4v) is 2.18. The molecule has 0 heterocycles. The average Bonchev–Trinajstić information content (AvgIpc) is 3.37. The molecule has 2 N–H and O–H groups in total. The molecule has 1 aliphatic rings. The Morgan fingerprint density at radius 1 is 1.18 bits per heavy atom. The van der Waals surface area contributed by atoms with Crippen molar-refractivity contribution in [3.8, 4) is 0 Å². The number of nitrogens with one attached hydrogen (secondary N) is 2. The van der Waals surface area contributed by atoms with Crippen LogP contribution in [0.4, 0.5) is 0 Å². The second-order valence-corrected chi connectivity index (χ2v) is 5.79. The molecule has 4 heteroatoms. The normalized spacial score (nSPS) is 14.9. The molecule has 1 saturated carbocycles. The van der Waals surface area contributed by atoms with E-state index in [2.05, 4.69) is 46.8 Å². The predicted octanol–water partition coefficient (Wildman–Crippen LogP) is 2.60. The first-order valence-electron chi connectivity index (χ1n) is 8.52. The van der Waals surface area contributed by atoms with Gasteiger partial charge in [0, 0.05) is 26.2 Å². The van der Waals surface area contributed by atoms with Gasteiger partial charge < -0.3 is 15.4 Å². The fourth-order valence-electron chi connectivity index (χ4n) is 2.18. The van der Waals surface area contributed by atoms with Gasteiger partial charge in [-0.2, -0.15) is 0 Å². The summed E-state index contributed by atoms with van der Waals surface area (Å²) in [7, 11) is 0. The summed E-state index contributed by atoms with van der Waals surface area (Å²) in [6.45, 7) is 6.46. The minimum atomic E-state index is 0.792. The number of rotatable bonds is 10. The molecule has 0 radical (unpaired) electrons. The molecule has 0 saturated heterocycles.